The highest BCUT2D eigenvalue weighted by atomic mass is 16.2. The lowest BCUT2D eigenvalue weighted by Crippen LogP contribution is -2.45. The summed E-state index contributed by atoms with van der Waals surface area (Å²) in [7, 11) is 0. The maximum Gasteiger partial charge on any atom is 0.244 e. The molecule has 18 heavy (non-hydrogen) atoms. The molecule has 0 bridgehead atoms. The number of amides is 1. The number of hydrogen-bond acceptors (Lipinski definition) is 2. The first-order valence-corrected chi connectivity index (χ1v) is 6.83. The third-order valence-electron chi connectivity index (χ3n) is 4.07. The first kappa shape index (κ1) is 13.1. The zero-order chi connectivity index (χ0) is 13.0. The van der Waals surface area contributed by atoms with E-state index < -0.39 is 0 Å². The van der Waals surface area contributed by atoms with Crippen LogP contribution in [0.4, 0.5) is 0 Å². The molecular weight excluding hydrogens is 224 g/mol. The van der Waals surface area contributed by atoms with E-state index in [1.54, 1.807) is 0 Å². The van der Waals surface area contributed by atoms with E-state index in [2.05, 4.69) is 36.6 Å². The molecule has 0 heterocycles. The second kappa shape index (κ2) is 5.53. The number of hydrogen-bond donors (Lipinski definition) is 2. The molecule has 1 fully saturated rings. The van der Waals surface area contributed by atoms with Gasteiger partial charge in [0.25, 0.3) is 0 Å². The molecule has 0 unspecified atom stereocenters. The molecule has 3 N–H and O–H groups in total. The molecule has 0 aliphatic heterocycles. The number of aryl methyl sites for hydroxylation is 1. The Kier molecular flexibility index (Phi) is 4.02. The van der Waals surface area contributed by atoms with Gasteiger partial charge in [-0.05, 0) is 30.4 Å². The first-order chi connectivity index (χ1) is 8.73. The summed E-state index contributed by atoms with van der Waals surface area (Å²) in [6.45, 7) is 2.17. The van der Waals surface area contributed by atoms with Crippen LogP contribution in [-0.4, -0.2) is 5.91 Å². The fourth-order valence-electron chi connectivity index (χ4n) is 3.04. The molecule has 98 valence electrons. The topological polar surface area (TPSA) is 55.1 Å². The summed E-state index contributed by atoms with van der Waals surface area (Å²) in [5.74, 6) is 5.31. The van der Waals surface area contributed by atoms with Gasteiger partial charge in [0.2, 0.25) is 5.91 Å². The van der Waals surface area contributed by atoms with Gasteiger partial charge in [-0.1, -0.05) is 50.5 Å². The Morgan fingerprint density at radius 3 is 2.39 bits per heavy atom. The van der Waals surface area contributed by atoms with Crippen LogP contribution in [0.2, 0.25) is 0 Å². The minimum atomic E-state index is -0.389. The van der Waals surface area contributed by atoms with Crippen LogP contribution in [0.15, 0.2) is 24.3 Å². The molecule has 1 aromatic carbocycles. The van der Waals surface area contributed by atoms with E-state index in [0.717, 1.165) is 44.1 Å². The Morgan fingerprint density at radius 1 is 1.28 bits per heavy atom. The van der Waals surface area contributed by atoms with Crippen LogP contribution in [0, 0.1) is 0 Å². The number of hydrazine groups is 1. The summed E-state index contributed by atoms with van der Waals surface area (Å²) in [6, 6.07) is 8.49. The van der Waals surface area contributed by atoms with E-state index in [0.29, 0.717) is 0 Å². The van der Waals surface area contributed by atoms with Crippen molar-refractivity contribution in [1.82, 2.24) is 5.43 Å². The van der Waals surface area contributed by atoms with E-state index in [-0.39, 0.29) is 11.3 Å². The Balaban J connectivity index is 2.28. The van der Waals surface area contributed by atoms with Crippen molar-refractivity contribution < 1.29 is 4.79 Å². The second-order valence-corrected chi connectivity index (χ2v) is 5.21. The van der Waals surface area contributed by atoms with Gasteiger partial charge in [-0.25, -0.2) is 5.84 Å². The van der Waals surface area contributed by atoms with Crippen molar-refractivity contribution in [3.8, 4) is 0 Å². The average Bonchev–Trinajstić information content (AvgIpc) is 2.90. The maximum atomic E-state index is 12.1. The Labute approximate surface area is 109 Å². The number of carbonyl (C=O) groups is 1. The highest BCUT2D eigenvalue weighted by Crippen LogP contribution is 2.41. The Morgan fingerprint density at radius 2 is 1.89 bits per heavy atom. The molecule has 0 aromatic heterocycles. The molecule has 1 aliphatic rings. The zero-order valence-electron chi connectivity index (χ0n) is 11.0. The van der Waals surface area contributed by atoms with Crippen molar-refractivity contribution in [2.45, 2.75) is 50.9 Å². The predicted octanol–water partition coefficient (Wildman–Crippen LogP) is 2.44. The van der Waals surface area contributed by atoms with Gasteiger partial charge in [0.15, 0.2) is 0 Å². The lowest BCUT2D eigenvalue weighted by molar-refractivity contribution is -0.126. The fourth-order valence-corrected chi connectivity index (χ4v) is 3.04. The van der Waals surface area contributed by atoms with Gasteiger partial charge in [0, 0.05) is 0 Å². The lowest BCUT2D eigenvalue weighted by atomic mass is 9.78. The first-order valence-electron chi connectivity index (χ1n) is 6.83. The number of nitrogens with one attached hydrogen (secondary N) is 1. The normalized spacial score (nSPS) is 17.7. The monoisotopic (exact) mass is 246 g/mol. The third-order valence-corrected chi connectivity index (χ3v) is 4.07. The minimum Gasteiger partial charge on any atom is -0.293 e. The maximum absolute atomic E-state index is 12.1. The largest absolute Gasteiger partial charge is 0.293 e. The van der Waals surface area contributed by atoms with Gasteiger partial charge in [-0.15, -0.1) is 0 Å². The summed E-state index contributed by atoms with van der Waals surface area (Å²) < 4.78 is 0. The van der Waals surface area contributed by atoms with Gasteiger partial charge in [-0.2, -0.15) is 0 Å². The fraction of sp³-hybridized carbons (Fsp3) is 0.533. The van der Waals surface area contributed by atoms with Crippen molar-refractivity contribution in [1.29, 1.82) is 0 Å². The minimum absolute atomic E-state index is 0.0387. The van der Waals surface area contributed by atoms with Crippen LogP contribution in [0.1, 0.15) is 50.2 Å². The van der Waals surface area contributed by atoms with Crippen LogP contribution >= 0.6 is 0 Å². The summed E-state index contributed by atoms with van der Waals surface area (Å²) >= 11 is 0. The van der Waals surface area contributed by atoms with Gasteiger partial charge in [0.05, 0.1) is 5.41 Å². The third kappa shape index (κ3) is 2.27. The molecule has 0 spiro atoms. The van der Waals surface area contributed by atoms with Gasteiger partial charge in [0.1, 0.15) is 0 Å². The summed E-state index contributed by atoms with van der Waals surface area (Å²) in [6.07, 6.45) is 6.25. The van der Waals surface area contributed by atoms with Crippen molar-refractivity contribution in [3.05, 3.63) is 35.4 Å². The highest BCUT2D eigenvalue weighted by molar-refractivity contribution is 5.88. The van der Waals surface area contributed by atoms with Crippen LogP contribution < -0.4 is 11.3 Å². The van der Waals surface area contributed by atoms with E-state index >= 15 is 0 Å². The van der Waals surface area contributed by atoms with Gasteiger partial charge in [-0.3, -0.25) is 10.2 Å². The average molecular weight is 246 g/mol. The zero-order valence-corrected chi connectivity index (χ0v) is 11.0. The number of rotatable bonds is 4. The van der Waals surface area contributed by atoms with Crippen molar-refractivity contribution in [2.24, 2.45) is 5.84 Å². The Bertz CT molecular complexity index is 405. The quantitative estimate of drug-likeness (QED) is 0.487. The van der Waals surface area contributed by atoms with E-state index in [9.17, 15) is 4.79 Å². The van der Waals surface area contributed by atoms with E-state index in [1.165, 1.54) is 5.56 Å². The summed E-state index contributed by atoms with van der Waals surface area (Å²) in [5, 5.41) is 0. The molecule has 1 aliphatic carbocycles. The van der Waals surface area contributed by atoms with E-state index in [1.807, 2.05) is 0 Å². The van der Waals surface area contributed by atoms with Crippen molar-refractivity contribution in [3.63, 3.8) is 0 Å². The predicted molar refractivity (Wildman–Crippen MR) is 72.9 cm³/mol. The molecule has 1 aromatic rings. The van der Waals surface area contributed by atoms with Crippen LogP contribution in [0.5, 0.6) is 0 Å². The SMILES string of the molecule is CCCc1ccc(C2(C(=O)NN)CCCC2)cc1. The summed E-state index contributed by atoms with van der Waals surface area (Å²) in [5.41, 5.74) is 4.41. The molecule has 0 radical (unpaired) electrons. The van der Waals surface area contributed by atoms with Crippen LogP contribution in [0.25, 0.3) is 0 Å². The standard InChI is InChI=1S/C15H22N2O/c1-2-5-12-6-8-13(9-7-12)15(14(18)17-16)10-3-4-11-15/h6-9H,2-5,10-11,16H2,1H3,(H,17,18). The smallest absolute Gasteiger partial charge is 0.244 e. The molecule has 0 atom stereocenters. The Hall–Kier alpha value is -1.35. The second-order valence-electron chi connectivity index (χ2n) is 5.21. The van der Waals surface area contributed by atoms with Crippen molar-refractivity contribution >= 4 is 5.91 Å². The molecule has 0 saturated heterocycles. The lowest BCUT2D eigenvalue weighted by Gasteiger charge is -2.27. The number of benzene rings is 1. The number of carbonyl (C=O) groups excluding carboxylic acids is 1. The van der Waals surface area contributed by atoms with Crippen LogP contribution in [0.3, 0.4) is 0 Å². The van der Waals surface area contributed by atoms with Gasteiger partial charge >= 0.3 is 0 Å². The molecule has 1 saturated carbocycles. The molecule has 2 rings (SSSR count). The molecule has 1 amide bonds. The van der Waals surface area contributed by atoms with E-state index in [4.69, 9.17) is 5.84 Å². The molecule has 3 heteroatoms. The van der Waals surface area contributed by atoms with Crippen molar-refractivity contribution in [2.75, 3.05) is 0 Å². The highest BCUT2D eigenvalue weighted by Gasteiger charge is 2.42. The summed E-state index contributed by atoms with van der Waals surface area (Å²) in [4.78, 5) is 12.1. The number of nitrogens with two attached hydrogens (primary N) is 1. The molecule has 3 nitrogen and oxygen atoms in total. The molecular formula is C15H22N2O. The van der Waals surface area contributed by atoms with Gasteiger partial charge < -0.3 is 0 Å². The van der Waals surface area contributed by atoms with Crippen LogP contribution in [-0.2, 0) is 16.6 Å².